The Balaban J connectivity index is 2.48. The van der Waals surface area contributed by atoms with Crippen molar-refractivity contribution in [2.45, 2.75) is 13.0 Å². The average molecular weight is 283 g/mol. The number of furan rings is 1. The summed E-state index contributed by atoms with van der Waals surface area (Å²) in [6, 6.07) is 5.04. The second-order valence-corrected chi connectivity index (χ2v) is 4.51. The topological polar surface area (TPSA) is 51.8 Å². The van der Waals surface area contributed by atoms with Crippen LogP contribution in [-0.2, 0) is 0 Å². The van der Waals surface area contributed by atoms with Crippen LogP contribution in [0.25, 0.3) is 0 Å². The molecule has 0 radical (unpaired) electrons. The minimum Gasteiger partial charge on any atom is -0.493 e. The number of aryl methyl sites for hydroxylation is 1. The molecular weight excluding hydrogens is 268 g/mol. The summed E-state index contributed by atoms with van der Waals surface area (Å²) in [7, 11) is 3.06. The molecule has 0 saturated carbocycles. The van der Waals surface area contributed by atoms with Crippen molar-refractivity contribution in [3.8, 4) is 11.5 Å². The maximum absolute atomic E-state index is 10.4. The zero-order valence-electron chi connectivity index (χ0n) is 10.9. The van der Waals surface area contributed by atoms with Crippen LogP contribution < -0.4 is 9.47 Å². The summed E-state index contributed by atoms with van der Waals surface area (Å²) in [6.45, 7) is 1.86. The second-order valence-electron chi connectivity index (χ2n) is 4.10. The molecule has 0 bridgehead atoms. The molecule has 1 heterocycles. The first-order valence-electron chi connectivity index (χ1n) is 5.72. The van der Waals surface area contributed by atoms with Crippen molar-refractivity contribution in [1.29, 1.82) is 0 Å². The molecule has 0 fully saturated rings. The zero-order chi connectivity index (χ0) is 14.0. The maximum atomic E-state index is 10.4. The third-order valence-corrected chi connectivity index (χ3v) is 3.27. The quantitative estimate of drug-likeness (QED) is 0.934. The molecule has 5 heteroatoms. The van der Waals surface area contributed by atoms with Gasteiger partial charge in [-0.3, -0.25) is 0 Å². The van der Waals surface area contributed by atoms with E-state index in [2.05, 4.69) is 0 Å². The molecule has 1 unspecified atom stereocenters. The van der Waals surface area contributed by atoms with Gasteiger partial charge in [-0.05, 0) is 24.6 Å². The van der Waals surface area contributed by atoms with Gasteiger partial charge >= 0.3 is 0 Å². The van der Waals surface area contributed by atoms with Crippen LogP contribution >= 0.6 is 11.6 Å². The summed E-state index contributed by atoms with van der Waals surface area (Å²) >= 11 is 6.16. The van der Waals surface area contributed by atoms with E-state index >= 15 is 0 Å². The van der Waals surface area contributed by atoms with Crippen molar-refractivity contribution in [3.05, 3.63) is 46.4 Å². The molecule has 1 atom stereocenters. The largest absolute Gasteiger partial charge is 0.493 e. The second kappa shape index (κ2) is 5.55. The molecule has 0 aliphatic rings. The molecule has 19 heavy (non-hydrogen) atoms. The molecule has 1 aromatic carbocycles. The number of ether oxygens (including phenoxy) is 2. The van der Waals surface area contributed by atoms with E-state index in [9.17, 15) is 5.11 Å². The molecule has 1 N–H and O–H groups in total. The highest BCUT2D eigenvalue weighted by Crippen LogP contribution is 2.38. The molecule has 0 aliphatic heterocycles. The number of methoxy groups -OCH3 is 2. The van der Waals surface area contributed by atoms with Crippen LogP contribution in [0.15, 0.2) is 28.9 Å². The van der Waals surface area contributed by atoms with Crippen molar-refractivity contribution in [3.63, 3.8) is 0 Å². The van der Waals surface area contributed by atoms with E-state index in [0.717, 1.165) is 5.56 Å². The minimum absolute atomic E-state index is 0.390. The number of halogens is 1. The normalized spacial score (nSPS) is 12.3. The van der Waals surface area contributed by atoms with Crippen molar-refractivity contribution in [2.75, 3.05) is 14.2 Å². The Morgan fingerprint density at radius 2 is 1.84 bits per heavy atom. The number of aliphatic hydroxyl groups is 1. The van der Waals surface area contributed by atoms with Gasteiger partial charge in [0.1, 0.15) is 11.9 Å². The fourth-order valence-corrected chi connectivity index (χ4v) is 2.14. The van der Waals surface area contributed by atoms with Crippen LogP contribution in [0.1, 0.15) is 23.0 Å². The fraction of sp³-hybridized carbons (Fsp3) is 0.286. The number of hydrogen-bond acceptors (Lipinski definition) is 4. The lowest BCUT2D eigenvalue weighted by Crippen LogP contribution is -2.02. The highest BCUT2D eigenvalue weighted by molar-refractivity contribution is 6.31. The van der Waals surface area contributed by atoms with Crippen LogP contribution in [0.3, 0.4) is 0 Å². The lowest BCUT2D eigenvalue weighted by atomic mass is 10.0. The Hall–Kier alpha value is -1.65. The smallest absolute Gasteiger partial charge is 0.162 e. The van der Waals surface area contributed by atoms with Gasteiger partial charge in [-0.2, -0.15) is 0 Å². The van der Waals surface area contributed by atoms with Gasteiger partial charge in [0.25, 0.3) is 0 Å². The summed E-state index contributed by atoms with van der Waals surface area (Å²) in [5, 5.41) is 10.7. The van der Waals surface area contributed by atoms with Crippen molar-refractivity contribution in [2.24, 2.45) is 0 Å². The summed E-state index contributed by atoms with van der Waals surface area (Å²) in [6.07, 6.45) is 0.588. The summed E-state index contributed by atoms with van der Waals surface area (Å²) in [5.41, 5.74) is 1.37. The van der Waals surface area contributed by atoms with E-state index in [4.69, 9.17) is 25.5 Å². The molecule has 0 amide bonds. The van der Waals surface area contributed by atoms with Crippen molar-refractivity contribution >= 4 is 11.6 Å². The van der Waals surface area contributed by atoms with Gasteiger partial charge in [0.2, 0.25) is 0 Å². The van der Waals surface area contributed by atoms with E-state index in [1.54, 1.807) is 18.2 Å². The highest BCUT2D eigenvalue weighted by Gasteiger charge is 2.21. The number of hydrogen-bond donors (Lipinski definition) is 1. The van der Waals surface area contributed by atoms with Gasteiger partial charge in [0, 0.05) is 11.6 Å². The van der Waals surface area contributed by atoms with E-state index < -0.39 is 6.10 Å². The first-order valence-corrected chi connectivity index (χ1v) is 6.09. The highest BCUT2D eigenvalue weighted by atomic mass is 35.5. The van der Waals surface area contributed by atoms with Crippen LogP contribution in [-0.4, -0.2) is 19.3 Å². The van der Waals surface area contributed by atoms with Gasteiger partial charge < -0.3 is 19.0 Å². The molecule has 1 aromatic heterocycles. The zero-order valence-corrected chi connectivity index (χ0v) is 11.7. The van der Waals surface area contributed by atoms with Gasteiger partial charge in [-0.15, -0.1) is 0 Å². The Kier molecular flexibility index (Phi) is 4.02. The predicted molar refractivity (Wildman–Crippen MR) is 72.1 cm³/mol. The minimum atomic E-state index is -0.942. The SMILES string of the molecule is COc1cc(Cl)c(C(O)c2occc2C)cc1OC. The van der Waals surface area contributed by atoms with Crippen LogP contribution in [0, 0.1) is 6.92 Å². The third kappa shape index (κ3) is 2.55. The number of benzene rings is 1. The van der Waals surface area contributed by atoms with Gasteiger partial charge in [0.15, 0.2) is 11.5 Å². The van der Waals surface area contributed by atoms with Crippen LogP contribution in [0.4, 0.5) is 0 Å². The predicted octanol–water partition coefficient (Wildman–Crippen LogP) is 3.34. The van der Waals surface area contributed by atoms with Gasteiger partial charge in [0.05, 0.1) is 25.5 Å². The fourth-order valence-electron chi connectivity index (χ4n) is 1.89. The van der Waals surface area contributed by atoms with Crippen LogP contribution in [0.2, 0.25) is 5.02 Å². The average Bonchev–Trinajstić information content (AvgIpc) is 2.83. The molecule has 4 nitrogen and oxygen atoms in total. The van der Waals surface area contributed by atoms with Gasteiger partial charge in [-0.1, -0.05) is 11.6 Å². The first kappa shape index (κ1) is 13.8. The summed E-state index contributed by atoms with van der Waals surface area (Å²) in [4.78, 5) is 0. The number of rotatable bonds is 4. The van der Waals surface area contributed by atoms with E-state index in [1.165, 1.54) is 20.5 Å². The molecule has 2 rings (SSSR count). The molecule has 102 valence electrons. The Labute approximate surface area is 116 Å². The van der Waals surface area contributed by atoms with Crippen LogP contribution in [0.5, 0.6) is 11.5 Å². The summed E-state index contributed by atoms with van der Waals surface area (Å²) < 4.78 is 15.6. The standard InChI is InChI=1S/C14H15ClO4/c1-8-4-5-19-14(8)13(16)9-6-11(17-2)12(18-3)7-10(9)15/h4-7,13,16H,1-3H3. The third-order valence-electron chi connectivity index (χ3n) is 2.95. The van der Waals surface area contributed by atoms with E-state index in [0.29, 0.717) is 27.8 Å². The lowest BCUT2D eigenvalue weighted by Gasteiger charge is -2.15. The monoisotopic (exact) mass is 282 g/mol. The van der Waals surface area contributed by atoms with E-state index in [-0.39, 0.29) is 0 Å². The molecule has 0 spiro atoms. The summed E-state index contributed by atoms with van der Waals surface area (Å²) in [5.74, 6) is 1.49. The van der Waals surface area contributed by atoms with Crippen molar-refractivity contribution in [1.82, 2.24) is 0 Å². The molecule has 0 aliphatic carbocycles. The van der Waals surface area contributed by atoms with E-state index in [1.807, 2.05) is 6.92 Å². The van der Waals surface area contributed by atoms with Crippen molar-refractivity contribution < 1.29 is 19.0 Å². The molecule has 0 saturated heterocycles. The Morgan fingerprint density at radius 3 is 2.37 bits per heavy atom. The van der Waals surface area contributed by atoms with Gasteiger partial charge in [-0.25, -0.2) is 0 Å². The molecule has 2 aromatic rings. The number of aliphatic hydroxyl groups excluding tert-OH is 1. The Morgan fingerprint density at radius 1 is 1.21 bits per heavy atom. The maximum Gasteiger partial charge on any atom is 0.162 e. The Bertz CT molecular complexity index is 577. The first-order chi connectivity index (χ1) is 9.08. The lowest BCUT2D eigenvalue weighted by molar-refractivity contribution is 0.188. The molecular formula is C14H15ClO4.